The van der Waals surface area contributed by atoms with E-state index in [0.717, 1.165) is 54.7 Å². The number of nitrogens with one attached hydrogen (secondary N) is 2. The normalized spacial score (nSPS) is 18.7. The molecule has 2 N–H and O–H groups in total. The summed E-state index contributed by atoms with van der Waals surface area (Å²) in [5.74, 6) is 0.622. The highest BCUT2D eigenvalue weighted by Gasteiger charge is 2.51. The molecular formula is C26H29N3O4. The van der Waals surface area contributed by atoms with Crippen molar-refractivity contribution in [2.24, 2.45) is 0 Å². The Bertz CT molecular complexity index is 1070. The zero-order chi connectivity index (χ0) is 22.8. The van der Waals surface area contributed by atoms with Gasteiger partial charge in [0.25, 0.3) is 5.91 Å². The van der Waals surface area contributed by atoms with Crippen LogP contribution < -0.4 is 15.4 Å². The van der Waals surface area contributed by atoms with E-state index in [4.69, 9.17) is 4.74 Å². The lowest BCUT2D eigenvalue weighted by Crippen LogP contribution is -2.48. The molecule has 33 heavy (non-hydrogen) atoms. The van der Waals surface area contributed by atoms with Crippen LogP contribution in [-0.4, -0.2) is 41.4 Å². The number of carbonyl (C=O) groups is 3. The monoisotopic (exact) mass is 447 g/mol. The van der Waals surface area contributed by atoms with E-state index in [0.29, 0.717) is 19.4 Å². The summed E-state index contributed by atoms with van der Waals surface area (Å²) in [6.07, 6.45) is 5.41. The van der Waals surface area contributed by atoms with Crippen molar-refractivity contribution in [3.8, 4) is 16.9 Å². The number of benzene rings is 2. The molecule has 7 heteroatoms. The Kier molecular flexibility index (Phi) is 5.79. The van der Waals surface area contributed by atoms with Crippen molar-refractivity contribution < 1.29 is 19.1 Å². The van der Waals surface area contributed by atoms with Gasteiger partial charge in [-0.1, -0.05) is 49.6 Å². The predicted octanol–water partition coefficient (Wildman–Crippen LogP) is 3.55. The van der Waals surface area contributed by atoms with Crippen LogP contribution in [0.3, 0.4) is 0 Å². The van der Waals surface area contributed by atoms with Gasteiger partial charge in [0, 0.05) is 25.9 Å². The van der Waals surface area contributed by atoms with Crippen molar-refractivity contribution in [3.63, 3.8) is 0 Å². The first-order valence-electron chi connectivity index (χ1n) is 11.8. The molecule has 2 fully saturated rings. The fourth-order valence-electron chi connectivity index (χ4n) is 5.06. The number of urea groups is 1. The van der Waals surface area contributed by atoms with Gasteiger partial charge in [0.15, 0.2) is 0 Å². The molecule has 3 aliphatic rings. The number of ether oxygens (including phenoxy) is 1. The number of rotatable bonds is 6. The molecule has 1 spiro atoms. The minimum atomic E-state index is -0.737. The maximum atomic E-state index is 12.8. The quantitative estimate of drug-likeness (QED) is 0.663. The van der Waals surface area contributed by atoms with E-state index in [1.165, 1.54) is 10.5 Å². The third-order valence-corrected chi connectivity index (χ3v) is 6.98. The summed E-state index contributed by atoms with van der Waals surface area (Å²) in [4.78, 5) is 38.7. The van der Waals surface area contributed by atoms with Crippen molar-refractivity contribution >= 4 is 17.8 Å². The molecule has 5 rings (SSSR count). The summed E-state index contributed by atoms with van der Waals surface area (Å²) in [7, 11) is 0. The van der Waals surface area contributed by atoms with E-state index < -0.39 is 5.54 Å². The molecule has 1 saturated heterocycles. The third-order valence-electron chi connectivity index (χ3n) is 6.98. The van der Waals surface area contributed by atoms with Gasteiger partial charge >= 0.3 is 6.03 Å². The number of carbonyl (C=O) groups excluding carboxylic acids is 3. The Hall–Kier alpha value is -3.35. The first-order valence-corrected chi connectivity index (χ1v) is 11.8. The summed E-state index contributed by atoms with van der Waals surface area (Å²) in [6.45, 7) is 1.26. The first kappa shape index (κ1) is 21.5. The van der Waals surface area contributed by atoms with Crippen molar-refractivity contribution in [2.45, 2.75) is 57.0 Å². The molecule has 1 saturated carbocycles. The first-order chi connectivity index (χ1) is 16.0. The van der Waals surface area contributed by atoms with Crippen LogP contribution in [0.4, 0.5) is 4.79 Å². The molecule has 0 radical (unpaired) electrons. The fraction of sp³-hybridized carbons (Fsp3) is 0.423. The molecule has 1 aliphatic carbocycles. The zero-order valence-corrected chi connectivity index (χ0v) is 18.7. The SMILES string of the molecule is O=C(CCN1C(=O)NC2(CCCCC2)C1=O)NCc1ccc(-c2ccc3c(c2)CCO3)cc1. The second-order valence-corrected chi connectivity index (χ2v) is 9.17. The lowest BCUT2D eigenvalue weighted by Gasteiger charge is -2.30. The summed E-state index contributed by atoms with van der Waals surface area (Å²) < 4.78 is 5.57. The number of nitrogens with zero attached hydrogens (tertiary/aromatic N) is 1. The van der Waals surface area contributed by atoms with Gasteiger partial charge in [-0.15, -0.1) is 0 Å². The standard InChI is InChI=1S/C26H29N3O4/c30-23(10-14-29-24(31)26(28-25(29)32)12-2-1-3-13-26)27-17-18-4-6-19(7-5-18)20-8-9-22-21(16-20)11-15-33-22/h4-9,16H,1-3,10-15,17H2,(H,27,30)(H,28,32). The topological polar surface area (TPSA) is 87.7 Å². The Morgan fingerprint density at radius 2 is 1.79 bits per heavy atom. The van der Waals surface area contributed by atoms with Crippen LogP contribution in [0.1, 0.15) is 49.7 Å². The number of amides is 4. The van der Waals surface area contributed by atoms with Crippen LogP contribution in [0.5, 0.6) is 5.75 Å². The minimum Gasteiger partial charge on any atom is -0.493 e. The lowest BCUT2D eigenvalue weighted by molar-refractivity contribution is -0.132. The Morgan fingerprint density at radius 3 is 2.58 bits per heavy atom. The van der Waals surface area contributed by atoms with Crippen molar-refractivity contribution in [2.75, 3.05) is 13.2 Å². The summed E-state index contributed by atoms with van der Waals surface area (Å²) in [6, 6.07) is 14.0. The average molecular weight is 448 g/mol. The number of hydrogen-bond donors (Lipinski definition) is 2. The van der Waals surface area contributed by atoms with E-state index in [1.807, 2.05) is 18.2 Å². The van der Waals surface area contributed by atoms with Crippen molar-refractivity contribution in [3.05, 3.63) is 53.6 Å². The zero-order valence-electron chi connectivity index (χ0n) is 18.7. The number of fused-ring (bicyclic) bond motifs is 1. The Balaban J connectivity index is 1.12. The lowest BCUT2D eigenvalue weighted by atomic mass is 9.82. The maximum absolute atomic E-state index is 12.8. The molecule has 4 amide bonds. The van der Waals surface area contributed by atoms with Crippen molar-refractivity contribution in [1.82, 2.24) is 15.5 Å². The minimum absolute atomic E-state index is 0.102. The maximum Gasteiger partial charge on any atom is 0.325 e. The summed E-state index contributed by atoms with van der Waals surface area (Å²) >= 11 is 0. The van der Waals surface area contributed by atoms with Crippen LogP contribution in [0.25, 0.3) is 11.1 Å². The van der Waals surface area contributed by atoms with Gasteiger partial charge < -0.3 is 15.4 Å². The van der Waals surface area contributed by atoms with E-state index in [9.17, 15) is 14.4 Å². The largest absolute Gasteiger partial charge is 0.493 e. The van der Waals surface area contributed by atoms with E-state index in [-0.39, 0.29) is 30.8 Å². The molecule has 2 aliphatic heterocycles. The van der Waals surface area contributed by atoms with Gasteiger partial charge in [0.05, 0.1) is 6.61 Å². The van der Waals surface area contributed by atoms with Crippen LogP contribution in [0.2, 0.25) is 0 Å². The summed E-state index contributed by atoms with van der Waals surface area (Å²) in [5.41, 5.74) is 3.77. The van der Waals surface area contributed by atoms with Crippen LogP contribution in [-0.2, 0) is 22.6 Å². The number of imide groups is 1. The highest BCUT2D eigenvalue weighted by atomic mass is 16.5. The van der Waals surface area contributed by atoms with Crippen LogP contribution >= 0.6 is 0 Å². The third kappa shape index (κ3) is 4.32. The molecule has 2 aromatic carbocycles. The molecule has 0 bridgehead atoms. The highest BCUT2D eigenvalue weighted by Crippen LogP contribution is 2.34. The molecule has 0 unspecified atom stereocenters. The fourth-order valence-corrected chi connectivity index (χ4v) is 5.06. The molecule has 0 aromatic heterocycles. The Morgan fingerprint density at radius 1 is 1.03 bits per heavy atom. The Labute approximate surface area is 193 Å². The van der Waals surface area contributed by atoms with Crippen LogP contribution in [0, 0.1) is 0 Å². The second-order valence-electron chi connectivity index (χ2n) is 9.17. The molecule has 2 aromatic rings. The van der Waals surface area contributed by atoms with Gasteiger partial charge in [0.1, 0.15) is 11.3 Å². The van der Waals surface area contributed by atoms with Gasteiger partial charge in [-0.3, -0.25) is 14.5 Å². The molecular weight excluding hydrogens is 418 g/mol. The number of hydrogen-bond acceptors (Lipinski definition) is 4. The molecule has 172 valence electrons. The predicted molar refractivity (Wildman–Crippen MR) is 124 cm³/mol. The van der Waals surface area contributed by atoms with Gasteiger partial charge in [-0.25, -0.2) is 4.79 Å². The second kappa shape index (κ2) is 8.89. The summed E-state index contributed by atoms with van der Waals surface area (Å²) in [5, 5.41) is 5.77. The van der Waals surface area contributed by atoms with Crippen molar-refractivity contribution in [1.29, 1.82) is 0 Å². The van der Waals surface area contributed by atoms with E-state index in [1.54, 1.807) is 0 Å². The van der Waals surface area contributed by atoms with Gasteiger partial charge in [-0.05, 0) is 47.2 Å². The van der Waals surface area contributed by atoms with E-state index >= 15 is 0 Å². The van der Waals surface area contributed by atoms with Crippen LogP contribution in [0.15, 0.2) is 42.5 Å². The highest BCUT2D eigenvalue weighted by molar-refractivity contribution is 6.07. The smallest absolute Gasteiger partial charge is 0.325 e. The van der Waals surface area contributed by atoms with Gasteiger partial charge in [0.2, 0.25) is 5.91 Å². The molecule has 7 nitrogen and oxygen atoms in total. The molecule has 2 heterocycles. The van der Waals surface area contributed by atoms with E-state index in [2.05, 4.69) is 34.9 Å². The van der Waals surface area contributed by atoms with Gasteiger partial charge in [-0.2, -0.15) is 0 Å². The average Bonchev–Trinajstić information content (AvgIpc) is 3.39. The molecule has 0 atom stereocenters.